The quantitative estimate of drug-likeness (QED) is 0.864. The monoisotopic (exact) mass is 265 g/mol. The largest absolute Gasteiger partial charge is 0.338 e. The fourth-order valence-corrected chi connectivity index (χ4v) is 2.07. The van der Waals surface area contributed by atoms with Gasteiger partial charge >= 0.3 is 6.03 Å². The van der Waals surface area contributed by atoms with Crippen molar-refractivity contribution >= 4 is 17.6 Å². The smallest absolute Gasteiger partial charge is 0.315 e. The molecule has 1 aliphatic rings. The molecule has 1 heterocycles. The standard InChI is InChI=1S/C13H16FN3O2/c1-2-15-13(19)16-10-7-12(18)17(8-10)11-5-3-9(14)4-6-11/h3-6,10H,2,7-8H2,1H3,(H2,15,16,19). The van der Waals surface area contributed by atoms with Gasteiger partial charge in [-0.3, -0.25) is 4.79 Å². The Hall–Kier alpha value is -2.11. The fourth-order valence-electron chi connectivity index (χ4n) is 2.07. The molecule has 1 unspecified atom stereocenters. The highest BCUT2D eigenvalue weighted by atomic mass is 19.1. The van der Waals surface area contributed by atoms with E-state index in [-0.39, 0.29) is 30.2 Å². The number of hydrogen-bond acceptors (Lipinski definition) is 2. The van der Waals surface area contributed by atoms with Gasteiger partial charge < -0.3 is 15.5 Å². The van der Waals surface area contributed by atoms with Crippen molar-refractivity contribution < 1.29 is 14.0 Å². The molecule has 19 heavy (non-hydrogen) atoms. The van der Waals surface area contributed by atoms with Gasteiger partial charge in [0.25, 0.3) is 0 Å². The third-order valence-corrected chi connectivity index (χ3v) is 2.94. The first kappa shape index (κ1) is 13.3. The number of rotatable bonds is 3. The molecule has 5 nitrogen and oxygen atoms in total. The van der Waals surface area contributed by atoms with E-state index < -0.39 is 0 Å². The van der Waals surface area contributed by atoms with Gasteiger partial charge in [0, 0.05) is 25.2 Å². The third kappa shape index (κ3) is 3.21. The SMILES string of the molecule is CCNC(=O)NC1CC(=O)N(c2ccc(F)cc2)C1. The van der Waals surface area contributed by atoms with Gasteiger partial charge in [0.1, 0.15) is 5.82 Å². The summed E-state index contributed by atoms with van der Waals surface area (Å²) in [5, 5.41) is 5.35. The van der Waals surface area contributed by atoms with Crippen molar-refractivity contribution in [2.75, 3.05) is 18.0 Å². The average Bonchev–Trinajstić information content (AvgIpc) is 2.71. The molecule has 2 N–H and O–H groups in total. The van der Waals surface area contributed by atoms with Gasteiger partial charge in [-0.2, -0.15) is 0 Å². The molecule has 1 aromatic rings. The van der Waals surface area contributed by atoms with Gasteiger partial charge in [-0.25, -0.2) is 9.18 Å². The highest BCUT2D eigenvalue weighted by molar-refractivity contribution is 5.96. The van der Waals surface area contributed by atoms with Crippen LogP contribution < -0.4 is 15.5 Å². The van der Waals surface area contributed by atoms with Gasteiger partial charge in [0.15, 0.2) is 0 Å². The topological polar surface area (TPSA) is 61.4 Å². The average molecular weight is 265 g/mol. The zero-order valence-corrected chi connectivity index (χ0v) is 10.6. The van der Waals surface area contributed by atoms with Crippen LogP contribution in [-0.2, 0) is 4.79 Å². The van der Waals surface area contributed by atoms with E-state index in [1.54, 1.807) is 17.0 Å². The van der Waals surface area contributed by atoms with Crippen LogP contribution in [0.15, 0.2) is 24.3 Å². The summed E-state index contributed by atoms with van der Waals surface area (Å²) in [7, 11) is 0. The maximum atomic E-state index is 12.8. The van der Waals surface area contributed by atoms with Crippen LogP contribution in [-0.4, -0.2) is 31.1 Å². The summed E-state index contributed by atoms with van der Waals surface area (Å²) in [5.41, 5.74) is 0.645. The fraction of sp³-hybridized carbons (Fsp3) is 0.385. The van der Waals surface area contributed by atoms with Crippen molar-refractivity contribution in [3.63, 3.8) is 0 Å². The van der Waals surface area contributed by atoms with Gasteiger partial charge in [0.05, 0.1) is 6.04 Å². The first-order chi connectivity index (χ1) is 9.10. The molecule has 3 amide bonds. The van der Waals surface area contributed by atoms with E-state index in [1.165, 1.54) is 12.1 Å². The zero-order valence-electron chi connectivity index (χ0n) is 10.6. The minimum atomic E-state index is -0.340. The van der Waals surface area contributed by atoms with Crippen molar-refractivity contribution in [2.45, 2.75) is 19.4 Å². The van der Waals surface area contributed by atoms with Crippen LogP contribution in [0.3, 0.4) is 0 Å². The Labute approximate surface area is 110 Å². The molecule has 6 heteroatoms. The normalized spacial score (nSPS) is 18.5. The number of nitrogens with zero attached hydrogens (tertiary/aromatic N) is 1. The Morgan fingerprint density at radius 1 is 1.42 bits per heavy atom. The van der Waals surface area contributed by atoms with Crippen molar-refractivity contribution in [3.8, 4) is 0 Å². The lowest BCUT2D eigenvalue weighted by molar-refractivity contribution is -0.117. The summed E-state index contributed by atoms with van der Waals surface area (Å²) in [6, 6.07) is 5.24. The Morgan fingerprint density at radius 3 is 2.74 bits per heavy atom. The van der Waals surface area contributed by atoms with E-state index in [9.17, 15) is 14.0 Å². The Balaban J connectivity index is 1.99. The maximum absolute atomic E-state index is 12.8. The molecule has 1 aliphatic heterocycles. The van der Waals surface area contributed by atoms with Crippen molar-refractivity contribution in [2.24, 2.45) is 0 Å². The molecule has 0 saturated carbocycles. The summed E-state index contributed by atoms with van der Waals surface area (Å²) < 4.78 is 12.8. The Kier molecular flexibility index (Phi) is 3.99. The van der Waals surface area contributed by atoms with Gasteiger partial charge in [-0.1, -0.05) is 0 Å². The highest BCUT2D eigenvalue weighted by Crippen LogP contribution is 2.21. The molecule has 0 bridgehead atoms. The van der Waals surface area contributed by atoms with Gasteiger partial charge in [-0.15, -0.1) is 0 Å². The van der Waals surface area contributed by atoms with Crippen LogP contribution in [0.4, 0.5) is 14.9 Å². The lowest BCUT2D eigenvalue weighted by atomic mass is 10.2. The number of anilines is 1. The van der Waals surface area contributed by atoms with Crippen LogP contribution in [0.25, 0.3) is 0 Å². The number of urea groups is 1. The van der Waals surface area contributed by atoms with Crippen LogP contribution in [0, 0.1) is 5.82 Å². The number of benzene rings is 1. The van der Waals surface area contributed by atoms with Crippen molar-refractivity contribution in [3.05, 3.63) is 30.1 Å². The summed E-state index contributed by atoms with van der Waals surface area (Å²) in [5.74, 6) is -0.416. The second-order valence-electron chi connectivity index (χ2n) is 4.39. The number of nitrogens with one attached hydrogen (secondary N) is 2. The van der Waals surface area contributed by atoms with E-state index in [0.717, 1.165) is 0 Å². The maximum Gasteiger partial charge on any atom is 0.315 e. The first-order valence-electron chi connectivity index (χ1n) is 6.20. The lowest BCUT2D eigenvalue weighted by Gasteiger charge is -2.17. The third-order valence-electron chi connectivity index (χ3n) is 2.94. The number of carbonyl (C=O) groups excluding carboxylic acids is 2. The summed E-state index contributed by atoms with van der Waals surface area (Å²) >= 11 is 0. The number of hydrogen-bond donors (Lipinski definition) is 2. The highest BCUT2D eigenvalue weighted by Gasteiger charge is 2.31. The van der Waals surface area contributed by atoms with Crippen LogP contribution in [0.1, 0.15) is 13.3 Å². The van der Waals surface area contributed by atoms with Crippen LogP contribution in [0.5, 0.6) is 0 Å². The number of carbonyl (C=O) groups is 2. The summed E-state index contributed by atoms with van der Waals surface area (Å²) in [6.07, 6.45) is 0.258. The van der Waals surface area contributed by atoms with Crippen molar-refractivity contribution in [1.29, 1.82) is 0 Å². The van der Waals surface area contributed by atoms with E-state index in [4.69, 9.17) is 0 Å². The Bertz CT molecular complexity index is 475. The molecule has 0 spiro atoms. The second kappa shape index (κ2) is 5.69. The molecule has 0 aromatic heterocycles. The van der Waals surface area contributed by atoms with Crippen molar-refractivity contribution in [1.82, 2.24) is 10.6 Å². The molecule has 0 radical (unpaired) electrons. The molecule has 1 aromatic carbocycles. The van der Waals surface area contributed by atoms with Crippen LogP contribution in [0.2, 0.25) is 0 Å². The van der Waals surface area contributed by atoms with Gasteiger partial charge in [-0.05, 0) is 31.2 Å². The summed E-state index contributed by atoms with van der Waals surface area (Å²) in [4.78, 5) is 24.8. The number of halogens is 1. The minimum Gasteiger partial charge on any atom is -0.338 e. The molecular formula is C13H16FN3O2. The molecule has 1 fully saturated rings. The first-order valence-corrected chi connectivity index (χ1v) is 6.20. The molecule has 0 aliphatic carbocycles. The number of amides is 3. The lowest BCUT2D eigenvalue weighted by Crippen LogP contribution is -2.43. The predicted octanol–water partition coefficient (Wildman–Crippen LogP) is 1.25. The predicted molar refractivity (Wildman–Crippen MR) is 69.4 cm³/mol. The Morgan fingerprint density at radius 2 is 2.11 bits per heavy atom. The molecular weight excluding hydrogens is 249 g/mol. The second-order valence-corrected chi connectivity index (χ2v) is 4.39. The van der Waals surface area contributed by atoms with E-state index in [0.29, 0.717) is 18.8 Å². The minimum absolute atomic E-state index is 0.0755. The molecule has 1 saturated heterocycles. The van der Waals surface area contributed by atoms with Crippen LogP contribution >= 0.6 is 0 Å². The van der Waals surface area contributed by atoms with Gasteiger partial charge in [0.2, 0.25) is 5.91 Å². The van der Waals surface area contributed by atoms with E-state index >= 15 is 0 Å². The summed E-state index contributed by atoms with van der Waals surface area (Å²) in [6.45, 7) is 2.76. The molecule has 102 valence electrons. The van der Waals surface area contributed by atoms with E-state index in [2.05, 4.69) is 10.6 Å². The zero-order chi connectivity index (χ0) is 13.8. The molecule has 2 rings (SSSR count). The van der Waals surface area contributed by atoms with E-state index in [1.807, 2.05) is 6.92 Å². The molecule has 1 atom stereocenters.